The Balaban J connectivity index is 1.98. The van der Waals surface area contributed by atoms with Crippen molar-refractivity contribution in [3.8, 4) is 11.4 Å². The maximum Gasteiger partial charge on any atom is 0.514 e. The Morgan fingerprint density at radius 1 is 0.955 bits per heavy atom. The lowest BCUT2D eigenvalue weighted by atomic mass is 9.84. The number of rotatable bonds is 2. The molecule has 3 rings (SSSR count). The second-order valence-electron chi connectivity index (χ2n) is 6.53. The van der Waals surface area contributed by atoms with E-state index in [1.54, 1.807) is 6.20 Å². The van der Waals surface area contributed by atoms with Gasteiger partial charge >= 0.3 is 7.12 Å². The topological polar surface area (TPSA) is 57.1 Å². The highest BCUT2D eigenvalue weighted by Crippen LogP contribution is 2.36. The van der Waals surface area contributed by atoms with Crippen LogP contribution in [0.2, 0.25) is 0 Å². The molecule has 3 heterocycles. The van der Waals surface area contributed by atoms with Crippen molar-refractivity contribution >= 4 is 12.7 Å². The highest BCUT2D eigenvalue weighted by atomic mass is 16.7. The first-order valence-corrected chi connectivity index (χ1v) is 7.41. The third-order valence-electron chi connectivity index (χ3n) is 4.28. The summed E-state index contributed by atoms with van der Waals surface area (Å²) in [6.07, 6.45) is 1.75. The lowest BCUT2D eigenvalue weighted by molar-refractivity contribution is 0.00578. The molecule has 0 aromatic carbocycles. The van der Waals surface area contributed by atoms with Crippen molar-refractivity contribution < 1.29 is 9.31 Å². The number of pyridine rings is 1. The summed E-state index contributed by atoms with van der Waals surface area (Å²) < 4.78 is 12.1. The first kappa shape index (κ1) is 15.1. The SMILES string of the molecule is Cc1nc(B2OC(C)(C)C(C)(C)O2)cc(-c2ccccn2)n1. The molecule has 6 heteroatoms. The average Bonchev–Trinajstić information content (AvgIpc) is 2.68. The zero-order valence-corrected chi connectivity index (χ0v) is 13.6. The van der Waals surface area contributed by atoms with Crippen LogP contribution < -0.4 is 5.59 Å². The van der Waals surface area contributed by atoms with E-state index in [0.717, 1.165) is 17.0 Å². The van der Waals surface area contributed by atoms with Gasteiger partial charge in [-0.2, -0.15) is 0 Å². The highest BCUT2D eigenvalue weighted by molar-refractivity contribution is 6.61. The number of aryl methyl sites for hydroxylation is 1. The van der Waals surface area contributed by atoms with Gasteiger partial charge in [0.1, 0.15) is 5.82 Å². The van der Waals surface area contributed by atoms with Gasteiger partial charge in [0.25, 0.3) is 0 Å². The van der Waals surface area contributed by atoms with Gasteiger partial charge in [-0.25, -0.2) is 9.97 Å². The normalized spacial score (nSPS) is 19.4. The number of hydrogen-bond donors (Lipinski definition) is 0. The Kier molecular flexibility index (Phi) is 3.53. The zero-order chi connectivity index (χ0) is 16.0. The molecule has 1 aliphatic heterocycles. The van der Waals surface area contributed by atoms with E-state index < -0.39 is 7.12 Å². The number of hydrogen-bond acceptors (Lipinski definition) is 5. The van der Waals surface area contributed by atoms with E-state index in [1.165, 1.54) is 0 Å². The maximum absolute atomic E-state index is 6.06. The van der Waals surface area contributed by atoms with Crippen molar-refractivity contribution in [3.05, 3.63) is 36.3 Å². The molecule has 114 valence electrons. The largest absolute Gasteiger partial charge is 0.514 e. The minimum absolute atomic E-state index is 0.387. The van der Waals surface area contributed by atoms with E-state index in [4.69, 9.17) is 9.31 Å². The van der Waals surface area contributed by atoms with Crippen LogP contribution in [0.15, 0.2) is 30.5 Å². The molecule has 0 amide bonds. The van der Waals surface area contributed by atoms with Crippen LogP contribution in [0.4, 0.5) is 0 Å². The lowest BCUT2D eigenvalue weighted by Crippen LogP contribution is -2.41. The van der Waals surface area contributed by atoms with Crippen molar-refractivity contribution in [3.63, 3.8) is 0 Å². The van der Waals surface area contributed by atoms with Crippen LogP contribution in [-0.4, -0.2) is 33.3 Å². The summed E-state index contributed by atoms with van der Waals surface area (Å²) in [7, 11) is -0.492. The summed E-state index contributed by atoms with van der Waals surface area (Å²) in [5.41, 5.74) is 1.54. The summed E-state index contributed by atoms with van der Waals surface area (Å²) in [5.74, 6) is 0.674. The quantitative estimate of drug-likeness (QED) is 0.795. The molecule has 0 radical (unpaired) electrons. The second-order valence-corrected chi connectivity index (χ2v) is 6.53. The fourth-order valence-electron chi connectivity index (χ4n) is 2.32. The molecule has 1 aliphatic rings. The fourth-order valence-corrected chi connectivity index (χ4v) is 2.32. The lowest BCUT2D eigenvalue weighted by Gasteiger charge is -2.32. The van der Waals surface area contributed by atoms with Gasteiger partial charge in [0, 0.05) is 6.20 Å². The minimum Gasteiger partial charge on any atom is -0.398 e. The molecule has 0 bridgehead atoms. The van der Waals surface area contributed by atoms with Crippen LogP contribution >= 0.6 is 0 Å². The molecule has 0 N–H and O–H groups in total. The number of nitrogens with zero attached hydrogens (tertiary/aromatic N) is 3. The van der Waals surface area contributed by atoms with Gasteiger partial charge in [0.2, 0.25) is 0 Å². The maximum atomic E-state index is 6.06. The van der Waals surface area contributed by atoms with E-state index in [1.807, 2.05) is 58.9 Å². The Morgan fingerprint density at radius 3 is 2.23 bits per heavy atom. The molecule has 0 spiro atoms. The molecule has 5 nitrogen and oxygen atoms in total. The van der Waals surface area contributed by atoms with E-state index in [0.29, 0.717) is 5.82 Å². The molecular weight excluding hydrogens is 277 g/mol. The standard InChI is InChI=1S/C16H20BN3O2/c1-11-19-13(12-8-6-7-9-18-12)10-14(20-11)17-21-15(2,3)16(4,5)22-17/h6-10H,1-5H3. The molecule has 1 saturated heterocycles. The van der Waals surface area contributed by atoms with Gasteiger partial charge in [-0.05, 0) is 52.8 Å². The Hall–Kier alpha value is -1.79. The van der Waals surface area contributed by atoms with E-state index in [9.17, 15) is 0 Å². The van der Waals surface area contributed by atoms with Gasteiger partial charge < -0.3 is 9.31 Å². The molecular formula is C16H20BN3O2. The second kappa shape index (κ2) is 5.14. The molecule has 1 fully saturated rings. The summed E-state index contributed by atoms with van der Waals surface area (Å²) >= 11 is 0. The summed E-state index contributed by atoms with van der Waals surface area (Å²) in [6.45, 7) is 9.98. The highest BCUT2D eigenvalue weighted by Gasteiger charge is 2.52. The molecule has 22 heavy (non-hydrogen) atoms. The fraction of sp³-hybridized carbons (Fsp3) is 0.438. The molecule has 0 aliphatic carbocycles. The van der Waals surface area contributed by atoms with Crippen LogP contribution in [0.3, 0.4) is 0 Å². The molecule has 0 unspecified atom stereocenters. The van der Waals surface area contributed by atoms with Gasteiger partial charge in [-0.15, -0.1) is 0 Å². The smallest absolute Gasteiger partial charge is 0.398 e. The van der Waals surface area contributed by atoms with Gasteiger partial charge in [-0.3, -0.25) is 4.98 Å². The van der Waals surface area contributed by atoms with Crippen LogP contribution in [-0.2, 0) is 9.31 Å². The van der Waals surface area contributed by atoms with Crippen LogP contribution in [0.5, 0.6) is 0 Å². The van der Waals surface area contributed by atoms with Crippen molar-refractivity contribution in [1.82, 2.24) is 15.0 Å². The van der Waals surface area contributed by atoms with E-state index >= 15 is 0 Å². The van der Waals surface area contributed by atoms with Gasteiger partial charge in [0.05, 0.1) is 28.2 Å². The Bertz CT molecular complexity index is 673. The third kappa shape index (κ3) is 2.64. The molecule has 0 atom stereocenters. The van der Waals surface area contributed by atoms with Crippen molar-refractivity contribution in [2.24, 2.45) is 0 Å². The molecule has 2 aromatic heterocycles. The van der Waals surface area contributed by atoms with Crippen LogP contribution in [0.1, 0.15) is 33.5 Å². The van der Waals surface area contributed by atoms with E-state index in [-0.39, 0.29) is 11.2 Å². The Labute approximate surface area is 131 Å². The average molecular weight is 297 g/mol. The summed E-state index contributed by atoms with van der Waals surface area (Å²) in [4.78, 5) is 13.3. The van der Waals surface area contributed by atoms with Crippen molar-refractivity contribution in [1.29, 1.82) is 0 Å². The summed E-state index contributed by atoms with van der Waals surface area (Å²) in [5, 5.41) is 0. The summed E-state index contributed by atoms with van der Waals surface area (Å²) in [6, 6.07) is 7.63. The predicted octanol–water partition coefficient (Wildman–Crippen LogP) is 2.15. The monoisotopic (exact) mass is 297 g/mol. The first-order valence-electron chi connectivity index (χ1n) is 7.41. The predicted molar refractivity (Wildman–Crippen MR) is 85.7 cm³/mol. The number of aromatic nitrogens is 3. The molecule has 0 saturated carbocycles. The van der Waals surface area contributed by atoms with Gasteiger partial charge in [-0.1, -0.05) is 6.07 Å². The zero-order valence-electron chi connectivity index (χ0n) is 13.6. The van der Waals surface area contributed by atoms with E-state index in [2.05, 4.69) is 15.0 Å². The van der Waals surface area contributed by atoms with Crippen LogP contribution in [0.25, 0.3) is 11.4 Å². The minimum atomic E-state index is -0.492. The first-order chi connectivity index (χ1) is 10.3. The van der Waals surface area contributed by atoms with Crippen LogP contribution in [0, 0.1) is 6.92 Å². The Morgan fingerprint density at radius 2 is 1.64 bits per heavy atom. The van der Waals surface area contributed by atoms with Gasteiger partial charge in [0.15, 0.2) is 0 Å². The van der Waals surface area contributed by atoms with Crippen molar-refractivity contribution in [2.75, 3.05) is 0 Å². The molecule has 2 aromatic rings. The third-order valence-corrected chi connectivity index (χ3v) is 4.28. The van der Waals surface area contributed by atoms with Crippen molar-refractivity contribution in [2.45, 2.75) is 45.8 Å².